The third kappa shape index (κ3) is 5.50. The van der Waals surface area contributed by atoms with Crippen LogP contribution in [0.5, 0.6) is 5.75 Å². The van der Waals surface area contributed by atoms with E-state index in [2.05, 4.69) is 5.32 Å². The van der Waals surface area contributed by atoms with E-state index in [0.717, 1.165) is 11.1 Å². The van der Waals surface area contributed by atoms with Gasteiger partial charge in [0.15, 0.2) is 6.61 Å². The van der Waals surface area contributed by atoms with E-state index in [9.17, 15) is 13.2 Å². The molecule has 1 amide bonds. The second-order valence-electron chi connectivity index (χ2n) is 7.23. The Morgan fingerprint density at radius 3 is 2.38 bits per heavy atom. The van der Waals surface area contributed by atoms with Crippen LogP contribution in [0.25, 0.3) is 0 Å². The molecule has 0 aliphatic carbocycles. The summed E-state index contributed by atoms with van der Waals surface area (Å²) < 4.78 is 32.7. The van der Waals surface area contributed by atoms with Gasteiger partial charge < -0.3 is 10.1 Å². The van der Waals surface area contributed by atoms with Crippen molar-refractivity contribution in [3.63, 3.8) is 0 Å². The first-order chi connectivity index (χ1) is 13.8. The van der Waals surface area contributed by atoms with Crippen molar-refractivity contribution in [1.29, 1.82) is 0 Å². The molecule has 2 aromatic rings. The highest BCUT2D eigenvalue weighted by molar-refractivity contribution is 7.89. The lowest BCUT2D eigenvalue weighted by Crippen LogP contribution is -2.47. The van der Waals surface area contributed by atoms with Gasteiger partial charge in [0.25, 0.3) is 5.91 Å². The minimum absolute atomic E-state index is 0.0671. The highest BCUT2D eigenvalue weighted by Crippen LogP contribution is 2.23. The molecule has 6 nitrogen and oxygen atoms in total. The number of hydrogen-bond donors (Lipinski definition) is 1. The number of sulfonamides is 1. The molecule has 2 aromatic carbocycles. The topological polar surface area (TPSA) is 75.7 Å². The summed E-state index contributed by atoms with van der Waals surface area (Å²) in [5.41, 5.74) is 2.01. The van der Waals surface area contributed by atoms with Crippen molar-refractivity contribution in [3.05, 3.63) is 58.6 Å². The fraction of sp³-hybridized carbons (Fsp3) is 0.381. The van der Waals surface area contributed by atoms with E-state index in [1.807, 2.05) is 19.9 Å². The number of nitrogens with zero attached hydrogens (tertiary/aromatic N) is 1. The molecule has 0 radical (unpaired) electrons. The standard InChI is InChI=1S/C21H25ClN2O4S/c1-15-3-8-20(13-16(15)2)29(26,27)24-11-9-18(10-12-24)23-21(25)14-28-19-6-4-17(22)5-7-19/h3-8,13,18H,9-12,14H2,1-2H3,(H,23,25). The van der Waals surface area contributed by atoms with Crippen molar-refractivity contribution >= 4 is 27.5 Å². The van der Waals surface area contributed by atoms with Crippen molar-refractivity contribution in [2.24, 2.45) is 0 Å². The first-order valence-corrected chi connectivity index (χ1v) is 11.3. The monoisotopic (exact) mass is 436 g/mol. The van der Waals surface area contributed by atoms with Crippen LogP contribution in [0.3, 0.4) is 0 Å². The second-order valence-corrected chi connectivity index (χ2v) is 9.61. The van der Waals surface area contributed by atoms with Gasteiger partial charge in [0.1, 0.15) is 5.75 Å². The Morgan fingerprint density at radius 1 is 1.10 bits per heavy atom. The number of carbonyl (C=O) groups excluding carboxylic acids is 1. The highest BCUT2D eigenvalue weighted by Gasteiger charge is 2.30. The molecule has 0 atom stereocenters. The number of carbonyl (C=O) groups is 1. The van der Waals surface area contributed by atoms with Crippen LogP contribution >= 0.6 is 11.6 Å². The lowest BCUT2D eigenvalue weighted by Gasteiger charge is -2.31. The molecule has 29 heavy (non-hydrogen) atoms. The van der Waals surface area contributed by atoms with Crippen molar-refractivity contribution in [3.8, 4) is 5.75 Å². The number of rotatable bonds is 6. The number of piperidine rings is 1. The fourth-order valence-corrected chi connectivity index (χ4v) is 4.89. The molecule has 1 aliphatic heterocycles. The van der Waals surface area contributed by atoms with Crippen molar-refractivity contribution < 1.29 is 17.9 Å². The predicted molar refractivity (Wildman–Crippen MR) is 113 cm³/mol. The molecule has 8 heteroatoms. The summed E-state index contributed by atoms with van der Waals surface area (Å²) in [7, 11) is -3.52. The maximum Gasteiger partial charge on any atom is 0.258 e. The zero-order chi connectivity index (χ0) is 21.0. The predicted octanol–water partition coefficient (Wildman–Crippen LogP) is 3.31. The Kier molecular flexibility index (Phi) is 6.82. The van der Waals surface area contributed by atoms with Crippen LogP contribution in [-0.4, -0.2) is 44.4 Å². The van der Waals surface area contributed by atoms with E-state index in [-0.39, 0.29) is 18.6 Å². The summed E-state index contributed by atoms with van der Waals surface area (Å²) in [6.45, 7) is 4.51. The lowest BCUT2D eigenvalue weighted by molar-refractivity contribution is -0.124. The van der Waals surface area contributed by atoms with Gasteiger partial charge in [0, 0.05) is 24.2 Å². The molecule has 1 fully saturated rings. The normalized spacial score (nSPS) is 15.8. The van der Waals surface area contributed by atoms with E-state index in [1.54, 1.807) is 36.4 Å². The number of halogens is 1. The molecule has 3 rings (SSSR count). The number of amides is 1. The molecule has 1 aliphatic rings. The Bertz CT molecular complexity index is 969. The Hall–Kier alpha value is -2.09. The first-order valence-electron chi connectivity index (χ1n) is 9.51. The van der Waals surface area contributed by atoms with Crippen molar-refractivity contribution in [2.75, 3.05) is 19.7 Å². The second kappa shape index (κ2) is 9.15. The van der Waals surface area contributed by atoms with Crippen LogP contribution < -0.4 is 10.1 Å². The molecule has 1 heterocycles. The van der Waals surface area contributed by atoms with E-state index >= 15 is 0 Å². The van der Waals surface area contributed by atoms with Crippen LogP contribution in [0, 0.1) is 13.8 Å². The molecule has 0 spiro atoms. The summed E-state index contributed by atoms with van der Waals surface area (Å²) in [5.74, 6) is 0.342. The van der Waals surface area contributed by atoms with Crippen LogP contribution in [0.1, 0.15) is 24.0 Å². The number of hydrogen-bond acceptors (Lipinski definition) is 4. The minimum Gasteiger partial charge on any atom is -0.484 e. The van der Waals surface area contributed by atoms with Gasteiger partial charge >= 0.3 is 0 Å². The number of aryl methyl sites for hydroxylation is 2. The Morgan fingerprint density at radius 2 is 1.76 bits per heavy atom. The van der Waals surface area contributed by atoms with Gasteiger partial charge in [0.2, 0.25) is 10.0 Å². The first kappa shape index (κ1) is 21.6. The number of nitrogens with one attached hydrogen (secondary N) is 1. The van der Waals surface area contributed by atoms with E-state index in [4.69, 9.17) is 16.3 Å². The minimum atomic E-state index is -3.52. The quantitative estimate of drug-likeness (QED) is 0.753. The average molecular weight is 437 g/mol. The lowest BCUT2D eigenvalue weighted by atomic mass is 10.1. The zero-order valence-corrected chi connectivity index (χ0v) is 18.1. The van der Waals surface area contributed by atoms with Crippen LogP contribution in [-0.2, 0) is 14.8 Å². The van der Waals surface area contributed by atoms with E-state index in [1.165, 1.54) is 4.31 Å². The molecule has 1 saturated heterocycles. The fourth-order valence-electron chi connectivity index (χ4n) is 3.21. The molecule has 0 saturated carbocycles. The molecule has 156 valence electrons. The van der Waals surface area contributed by atoms with Crippen molar-refractivity contribution in [1.82, 2.24) is 9.62 Å². The molecular weight excluding hydrogens is 412 g/mol. The average Bonchev–Trinajstić information content (AvgIpc) is 2.70. The number of ether oxygens (including phenoxy) is 1. The van der Waals surface area contributed by atoms with Gasteiger partial charge in [-0.3, -0.25) is 4.79 Å². The van der Waals surface area contributed by atoms with E-state index in [0.29, 0.717) is 41.6 Å². The SMILES string of the molecule is Cc1ccc(S(=O)(=O)N2CCC(NC(=O)COc3ccc(Cl)cc3)CC2)cc1C. The van der Waals surface area contributed by atoms with Gasteiger partial charge in [-0.05, 0) is 74.2 Å². The largest absolute Gasteiger partial charge is 0.484 e. The van der Waals surface area contributed by atoms with Crippen LogP contribution in [0.2, 0.25) is 5.02 Å². The van der Waals surface area contributed by atoms with Gasteiger partial charge in [-0.1, -0.05) is 17.7 Å². The third-order valence-electron chi connectivity index (χ3n) is 5.12. The summed E-state index contributed by atoms with van der Waals surface area (Å²) in [5, 5.41) is 3.52. The van der Waals surface area contributed by atoms with Crippen LogP contribution in [0.4, 0.5) is 0 Å². The highest BCUT2D eigenvalue weighted by atomic mass is 35.5. The van der Waals surface area contributed by atoms with Gasteiger partial charge in [-0.15, -0.1) is 0 Å². The summed E-state index contributed by atoms with van der Waals surface area (Å²) in [6, 6.07) is 11.9. The smallest absolute Gasteiger partial charge is 0.258 e. The molecular formula is C21H25ClN2O4S. The van der Waals surface area contributed by atoms with Gasteiger partial charge in [-0.2, -0.15) is 4.31 Å². The molecule has 0 unspecified atom stereocenters. The van der Waals surface area contributed by atoms with Gasteiger partial charge in [0.05, 0.1) is 4.90 Å². The Labute approximate surface area is 176 Å². The third-order valence-corrected chi connectivity index (χ3v) is 7.27. The maximum absolute atomic E-state index is 12.9. The van der Waals surface area contributed by atoms with Gasteiger partial charge in [-0.25, -0.2) is 8.42 Å². The summed E-state index contributed by atoms with van der Waals surface area (Å²) in [4.78, 5) is 12.4. The molecule has 0 aromatic heterocycles. The molecule has 1 N–H and O–H groups in total. The maximum atomic E-state index is 12.9. The van der Waals surface area contributed by atoms with Crippen molar-refractivity contribution in [2.45, 2.75) is 37.6 Å². The molecule has 0 bridgehead atoms. The van der Waals surface area contributed by atoms with Crippen LogP contribution in [0.15, 0.2) is 47.4 Å². The number of benzene rings is 2. The summed E-state index contributed by atoms with van der Waals surface area (Å²) in [6.07, 6.45) is 1.13. The van der Waals surface area contributed by atoms with E-state index < -0.39 is 10.0 Å². The summed E-state index contributed by atoms with van der Waals surface area (Å²) >= 11 is 5.82. The zero-order valence-electron chi connectivity index (χ0n) is 16.5. The Balaban J connectivity index is 1.50.